The monoisotopic (exact) mass is 520 g/mol. The first-order valence-corrected chi connectivity index (χ1v) is 12.2. The van der Waals surface area contributed by atoms with Crippen LogP contribution in [0, 0.1) is 13.8 Å². The van der Waals surface area contributed by atoms with Gasteiger partial charge in [-0.1, -0.05) is 41.1 Å². The number of benzene rings is 3. The first-order valence-electron chi connectivity index (χ1n) is 11.0. The molecule has 2 N–H and O–H groups in total. The zero-order chi connectivity index (χ0) is 25.7. The SMILES string of the molecule is COc1c(C)cc(C)cc1/C(O)=C1\C(=O)C(=O)N(c2nc3ccc(Cl)cc3s2)C1c1ccc(O)cc1. The van der Waals surface area contributed by atoms with E-state index in [9.17, 15) is 19.8 Å². The number of fused-ring (bicyclic) bond motifs is 1. The number of aliphatic hydroxyl groups excluding tert-OH is 1. The number of amides is 1. The van der Waals surface area contributed by atoms with Gasteiger partial charge in [0.1, 0.15) is 17.3 Å². The average Bonchev–Trinajstić information content (AvgIpc) is 3.36. The molecule has 0 radical (unpaired) electrons. The number of nitrogens with zero attached hydrogens (tertiary/aromatic N) is 2. The van der Waals surface area contributed by atoms with Crippen LogP contribution >= 0.6 is 22.9 Å². The molecule has 5 rings (SSSR count). The number of thiazole rings is 1. The number of ether oxygens (including phenoxy) is 1. The van der Waals surface area contributed by atoms with Crippen molar-refractivity contribution in [2.75, 3.05) is 12.0 Å². The lowest BCUT2D eigenvalue weighted by Gasteiger charge is -2.23. The molecular weight excluding hydrogens is 500 g/mol. The van der Waals surface area contributed by atoms with Gasteiger partial charge in [0.25, 0.3) is 5.78 Å². The second kappa shape index (κ2) is 8.96. The second-order valence-electron chi connectivity index (χ2n) is 8.53. The molecule has 1 aliphatic heterocycles. The number of aryl methyl sites for hydroxylation is 2. The Morgan fingerprint density at radius 2 is 1.81 bits per heavy atom. The summed E-state index contributed by atoms with van der Waals surface area (Å²) < 4.78 is 6.28. The fourth-order valence-electron chi connectivity index (χ4n) is 4.54. The van der Waals surface area contributed by atoms with Gasteiger partial charge in [0.2, 0.25) is 0 Å². The largest absolute Gasteiger partial charge is 0.508 e. The maximum absolute atomic E-state index is 13.4. The van der Waals surface area contributed by atoms with E-state index >= 15 is 0 Å². The Bertz CT molecular complexity index is 1580. The lowest BCUT2D eigenvalue weighted by molar-refractivity contribution is -0.132. The van der Waals surface area contributed by atoms with Gasteiger partial charge in [-0.3, -0.25) is 14.5 Å². The molecule has 7 nitrogen and oxygen atoms in total. The highest BCUT2D eigenvalue weighted by molar-refractivity contribution is 7.22. The molecule has 36 heavy (non-hydrogen) atoms. The highest BCUT2D eigenvalue weighted by atomic mass is 35.5. The summed E-state index contributed by atoms with van der Waals surface area (Å²) in [6.45, 7) is 3.70. The minimum absolute atomic E-state index is 0.0290. The summed E-state index contributed by atoms with van der Waals surface area (Å²) >= 11 is 7.35. The lowest BCUT2D eigenvalue weighted by Crippen LogP contribution is -2.29. The van der Waals surface area contributed by atoms with Crippen LogP contribution in [0.2, 0.25) is 5.02 Å². The van der Waals surface area contributed by atoms with E-state index in [1.807, 2.05) is 19.9 Å². The molecule has 1 saturated heterocycles. The topological polar surface area (TPSA) is 100.0 Å². The molecule has 0 saturated carbocycles. The van der Waals surface area contributed by atoms with Crippen LogP contribution in [0.4, 0.5) is 5.13 Å². The van der Waals surface area contributed by atoms with Crippen molar-refractivity contribution in [3.63, 3.8) is 0 Å². The molecule has 1 atom stereocenters. The summed E-state index contributed by atoms with van der Waals surface area (Å²) in [4.78, 5) is 32.7. The van der Waals surface area contributed by atoms with Gasteiger partial charge < -0.3 is 14.9 Å². The van der Waals surface area contributed by atoms with Crippen molar-refractivity contribution in [2.24, 2.45) is 0 Å². The van der Waals surface area contributed by atoms with Crippen LogP contribution in [-0.4, -0.2) is 34.0 Å². The Morgan fingerprint density at radius 1 is 1.08 bits per heavy atom. The van der Waals surface area contributed by atoms with Crippen LogP contribution in [0.5, 0.6) is 11.5 Å². The Kier molecular flexibility index (Phi) is 5.94. The first kappa shape index (κ1) is 23.8. The molecule has 1 fully saturated rings. The van der Waals surface area contributed by atoms with Crippen molar-refractivity contribution < 1.29 is 24.5 Å². The van der Waals surface area contributed by atoms with E-state index in [4.69, 9.17) is 16.3 Å². The number of aromatic nitrogens is 1. The van der Waals surface area contributed by atoms with E-state index < -0.39 is 17.7 Å². The van der Waals surface area contributed by atoms with Gasteiger partial charge >= 0.3 is 5.91 Å². The number of Topliss-reactive ketones (excluding diaryl/α,β-unsaturated/α-hetero) is 1. The summed E-state index contributed by atoms with van der Waals surface area (Å²) in [6, 6.07) is 14.0. The minimum atomic E-state index is -0.979. The normalized spacial score (nSPS) is 17.2. The van der Waals surface area contributed by atoms with Crippen LogP contribution in [0.25, 0.3) is 16.0 Å². The number of aliphatic hydroxyl groups is 1. The highest BCUT2D eigenvalue weighted by Crippen LogP contribution is 2.46. The number of aromatic hydroxyl groups is 1. The van der Waals surface area contributed by atoms with Crippen molar-refractivity contribution in [1.29, 1.82) is 0 Å². The Morgan fingerprint density at radius 3 is 2.50 bits per heavy atom. The number of anilines is 1. The van der Waals surface area contributed by atoms with Gasteiger partial charge in [0.05, 0.1) is 34.5 Å². The van der Waals surface area contributed by atoms with Crippen LogP contribution in [-0.2, 0) is 9.59 Å². The van der Waals surface area contributed by atoms with Gasteiger partial charge in [-0.05, 0) is 66.9 Å². The predicted octanol–water partition coefficient (Wildman–Crippen LogP) is 5.91. The number of phenols is 1. The Balaban J connectivity index is 1.77. The quantitative estimate of drug-likeness (QED) is 0.197. The fraction of sp³-hybridized carbons (Fsp3) is 0.148. The zero-order valence-corrected chi connectivity index (χ0v) is 21.1. The van der Waals surface area contributed by atoms with Crippen LogP contribution < -0.4 is 9.64 Å². The van der Waals surface area contributed by atoms with E-state index in [-0.39, 0.29) is 17.1 Å². The third-order valence-corrected chi connectivity index (χ3v) is 7.33. The molecule has 0 bridgehead atoms. The number of hydrogen-bond donors (Lipinski definition) is 2. The molecule has 0 aliphatic carbocycles. The lowest BCUT2D eigenvalue weighted by atomic mass is 9.93. The van der Waals surface area contributed by atoms with Crippen LogP contribution in [0.15, 0.2) is 60.2 Å². The number of rotatable bonds is 4. The van der Waals surface area contributed by atoms with Crippen molar-refractivity contribution >= 4 is 55.7 Å². The molecular formula is C27H21ClN2O5S. The summed E-state index contributed by atoms with van der Waals surface area (Å²) in [5, 5.41) is 22.2. The van der Waals surface area contributed by atoms with E-state index in [1.54, 1.807) is 36.4 Å². The molecule has 1 aliphatic rings. The van der Waals surface area contributed by atoms with Gasteiger partial charge in [-0.2, -0.15) is 0 Å². The fourth-order valence-corrected chi connectivity index (χ4v) is 5.81. The highest BCUT2D eigenvalue weighted by Gasteiger charge is 2.48. The number of carbonyl (C=O) groups excluding carboxylic acids is 2. The standard InChI is InChI=1S/C27H21ClN2O5S/c1-13-10-14(2)25(35-3)18(11-13)23(32)21-22(15-4-7-17(31)8-5-15)30(26(34)24(21)33)27-29-19-9-6-16(28)12-20(19)36-27/h4-12,22,31-32H,1-3H3/b23-21+. The zero-order valence-electron chi connectivity index (χ0n) is 19.6. The molecule has 1 unspecified atom stereocenters. The summed E-state index contributed by atoms with van der Waals surface area (Å²) in [6.07, 6.45) is 0. The number of ketones is 1. The van der Waals surface area contributed by atoms with E-state index in [0.29, 0.717) is 32.5 Å². The van der Waals surface area contributed by atoms with Gasteiger partial charge in [-0.15, -0.1) is 0 Å². The van der Waals surface area contributed by atoms with Crippen molar-refractivity contribution in [3.8, 4) is 11.5 Å². The molecule has 182 valence electrons. The molecule has 0 spiro atoms. The first-order chi connectivity index (χ1) is 17.2. The molecule has 4 aromatic rings. The van der Waals surface area contributed by atoms with E-state index in [2.05, 4.69) is 4.98 Å². The number of phenolic OH excluding ortho intramolecular Hbond substituents is 1. The minimum Gasteiger partial charge on any atom is -0.508 e. The van der Waals surface area contributed by atoms with Crippen molar-refractivity contribution in [1.82, 2.24) is 4.98 Å². The Labute approximate surface area is 215 Å². The Hall–Kier alpha value is -3.88. The maximum Gasteiger partial charge on any atom is 0.301 e. The predicted molar refractivity (Wildman–Crippen MR) is 140 cm³/mol. The molecule has 1 aromatic heterocycles. The number of carbonyl (C=O) groups is 2. The average molecular weight is 521 g/mol. The molecule has 1 amide bonds. The van der Waals surface area contributed by atoms with E-state index in [0.717, 1.165) is 15.8 Å². The molecule has 9 heteroatoms. The number of hydrogen-bond acceptors (Lipinski definition) is 7. The second-order valence-corrected chi connectivity index (χ2v) is 9.98. The van der Waals surface area contributed by atoms with Gasteiger partial charge in [0, 0.05) is 5.02 Å². The number of methoxy groups -OCH3 is 1. The smallest absolute Gasteiger partial charge is 0.301 e. The molecule has 3 aromatic carbocycles. The van der Waals surface area contributed by atoms with Crippen molar-refractivity contribution in [3.05, 3.63) is 87.4 Å². The molecule has 2 heterocycles. The summed E-state index contributed by atoms with van der Waals surface area (Å²) in [7, 11) is 1.48. The van der Waals surface area contributed by atoms with Crippen LogP contribution in [0.1, 0.15) is 28.3 Å². The third-order valence-electron chi connectivity index (χ3n) is 6.08. The van der Waals surface area contributed by atoms with Crippen LogP contribution in [0.3, 0.4) is 0 Å². The third kappa shape index (κ3) is 3.88. The van der Waals surface area contributed by atoms with Gasteiger partial charge in [0.15, 0.2) is 5.13 Å². The number of halogens is 1. The maximum atomic E-state index is 13.4. The van der Waals surface area contributed by atoms with E-state index in [1.165, 1.54) is 35.5 Å². The summed E-state index contributed by atoms with van der Waals surface area (Å²) in [5.41, 5.74) is 3.00. The van der Waals surface area contributed by atoms with Gasteiger partial charge in [-0.25, -0.2) is 4.98 Å². The van der Waals surface area contributed by atoms with Crippen molar-refractivity contribution in [2.45, 2.75) is 19.9 Å². The summed E-state index contributed by atoms with van der Waals surface area (Å²) in [5.74, 6) is -1.57.